The summed E-state index contributed by atoms with van der Waals surface area (Å²) in [4.78, 5) is 22.3. The number of esters is 1. The highest BCUT2D eigenvalue weighted by molar-refractivity contribution is 7.52. The largest absolute Gasteiger partial charge is 0.462 e. The van der Waals surface area contributed by atoms with Gasteiger partial charge in [-0.3, -0.25) is 9.32 Å². The summed E-state index contributed by atoms with van der Waals surface area (Å²) in [6, 6.07) is 13.3. The number of nitrogens with zero attached hydrogens (tertiary/aromatic N) is 3. The molecule has 0 bridgehead atoms. The van der Waals surface area contributed by atoms with Crippen molar-refractivity contribution < 1.29 is 32.0 Å². The monoisotopic (exact) mass is 614 g/mol. The van der Waals surface area contributed by atoms with E-state index in [1.807, 2.05) is 35.8 Å². The second-order valence-corrected chi connectivity index (χ2v) is 12.0. The first-order chi connectivity index (χ1) is 21.9. The minimum atomic E-state index is -4.55. The van der Waals surface area contributed by atoms with Crippen LogP contribution >= 0.6 is 7.75 Å². The minimum absolute atomic E-state index is 0.153. The Morgan fingerprint density at radius 3 is 2.56 bits per heavy atom. The number of fused-ring (bicyclic) bond motifs is 3. The molecule has 3 atom stereocenters. The van der Waals surface area contributed by atoms with Gasteiger partial charge in [0, 0.05) is 16.1 Å². The summed E-state index contributed by atoms with van der Waals surface area (Å²) in [7, 11) is -4.55. The van der Waals surface area contributed by atoms with Gasteiger partial charge in [-0.2, -0.15) is 5.09 Å². The van der Waals surface area contributed by atoms with Crippen LogP contribution in [0.2, 0.25) is 0 Å². The summed E-state index contributed by atoms with van der Waals surface area (Å²) in [6.45, 7) is 4.59. The Morgan fingerprint density at radius 2 is 1.86 bits per heavy atom. The van der Waals surface area contributed by atoms with E-state index in [0.29, 0.717) is 29.9 Å². The number of carbonyl (C=O) groups excluding carboxylic acids is 1. The second kappa shape index (κ2) is 14.8. The third-order valence-corrected chi connectivity index (χ3v) is 8.11. The molecular formula is C31H42N5O6P. The fourth-order valence-electron chi connectivity index (χ4n) is 4.69. The molecule has 0 aliphatic carbocycles. The summed E-state index contributed by atoms with van der Waals surface area (Å²) in [5.74, 6) is -0.129. The first-order valence-electron chi connectivity index (χ1n) is 16.0. The van der Waals surface area contributed by atoms with Crippen molar-refractivity contribution in [3.63, 3.8) is 0 Å². The van der Waals surface area contributed by atoms with Gasteiger partial charge in [-0.15, -0.1) is 0 Å². The zero-order valence-electron chi connectivity index (χ0n) is 28.0. The molecule has 0 saturated carbocycles. The van der Waals surface area contributed by atoms with Gasteiger partial charge in [0.15, 0.2) is 5.82 Å². The lowest BCUT2D eigenvalue weighted by Gasteiger charge is -2.27. The molecule has 2 heterocycles. The molecule has 232 valence electrons. The van der Waals surface area contributed by atoms with Crippen LogP contribution in [0.15, 0.2) is 54.6 Å². The Balaban J connectivity index is 1.81. The lowest BCUT2D eigenvalue weighted by molar-refractivity contribution is -0.149. The van der Waals surface area contributed by atoms with E-state index >= 15 is 0 Å². The number of hydrogen-bond acceptors (Lipinski definition) is 9. The molecule has 2 aromatic carbocycles. The molecular weight excluding hydrogens is 569 g/mol. The van der Waals surface area contributed by atoms with Crippen LogP contribution in [0.1, 0.15) is 69.8 Å². The van der Waals surface area contributed by atoms with E-state index in [-0.39, 0.29) is 24.8 Å². The lowest BCUT2D eigenvalue weighted by Crippen LogP contribution is -2.36. The first kappa shape index (κ1) is 28.3. The number of rotatable bonds is 16. The van der Waals surface area contributed by atoms with Crippen molar-refractivity contribution in [2.75, 3.05) is 18.9 Å². The number of carbonyl (C=O) groups is 1. The van der Waals surface area contributed by atoms with Crippen LogP contribution in [0.3, 0.4) is 0 Å². The smallest absolute Gasteiger partial charge is 0.459 e. The quantitative estimate of drug-likeness (QED) is 0.105. The van der Waals surface area contributed by atoms with E-state index in [0.717, 1.165) is 23.7 Å². The molecule has 4 aromatic rings. The molecule has 3 N–H and O–H groups in total. The van der Waals surface area contributed by atoms with Crippen LogP contribution < -0.4 is 15.3 Å². The van der Waals surface area contributed by atoms with Crippen molar-refractivity contribution in [1.82, 2.24) is 19.6 Å². The summed E-state index contributed by atoms with van der Waals surface area (Å²) in [5, 5.41) is 3.21. The predicted octanol–water partition coefficient (Wildman–Crippen LogP) is 6.57. The van der Waals surface area contributed by atoms with Crippen LogP contribution in [-0.2, 0) is 30.0 Å². The number of nitrogens with two attached hydrogens (primary N) is 1. The maximum absolute atomic E-state index is 14.5. The highest BCUT2D eigenvalue weighted by Crippen LogP contribution is 2.46. The van der Waals surface area contributed by atoms with Crippen molar-refractivity contribution in [3.05, 3.63) is 60.4 Å². The predicted molar refractivity (Wildman–Crippen MR) is 168 cm³/mol. The summed E-state index contributed by atoms with van der Waals surface area (Å²) < 4.78 is 63.4. The highest BCUT2D eigenvalue weighted by atomic mass is 31.2. The van der Waals surface area contributed by atoms with Gasteiger partial charge in [0.25, 0.3) is 0 Å². The molecule has 4 rings (SSSR count). The summed E-state index contributed by atoms with van der Waals surface area (Å²) in [6.07, 6.45) is 1.59. The highest BCUT2D eigenvalue weighted by Gasteiger charge is 2.34. The second-order valence-electron chi connectivity index (χ2n) is 10.3. The number of pyridine rings is 1. The Bertz CT molecular complexity index is 1670. The number of ether oxygens (including phenoxy) is 2. The van der Waals surface area contributed by atoms with Crippen molar-refractivity contribution in [2.24, 2.45) is 0 Å². The van der Waals surface area contributed by atoms with Crippen LogP contribution in [0, 0.1) is 0 Å². The number of anilines is 1. The van der Waals surface area contributed by atoms with E-state index in [1.165, 1.54) is 0 Å². The van der Waals surface area contributed by atoms with Gasteiger partial charge in [0.1, 0.15) is 29.7 Å². The number of nitrogens with one attached hydrogen (secondary N) is 1. The maximum atomic E-state index is 14.5. The van der Waals surface area contributed by atoms with Gasteiger partial charge < -0.3 is 24.3 Å². The first-order valence-corrected chi connectivity index (χ1v) is 16.0. The number of aromatic nitrogens is 3. The average molecular weight is 615 g/mol. The SMILES string of the molecule is [2H]C([2H])([2H])[C@H](N[P@](=O)(OC[C@@H](CCCC)n1c(COCC)nc2c(N)nc3ccccc3c21)Oc1ccccc1)C(=O)OC(C)C. The zero-order valence-corrected chi connectivity index (χ0v) is 25.9. The zero-order chi connectivity index (χ0) is 33.5. The fraction of sp³-hybridized carbons (Fsp3) is 0.452. The third kappa shape index (κ3) is 8.12. The molecule has 0 unspecified atom stereocenters. The Hall–Kier alpha value is -3.50. The Kier molecular flexibility index (Phi) is 9.73. The molecule has 0 saturated heterocycles. The topological polar surface area (TPSA) is 140 Å². The fourth-order valence-corrected chi connectivity index (χ4v) is 6.06. The van der Waals surface area contributed by atoms with E-state index in [1.54, 1.807) is 44.2 Å². The van der Waals surface area contributed by atoms with Gasteiger partial charge in [-0.25, -0.2) is 14.5 Å². The molecule has 0 aliphatic heterocycles. The van der Waals surface area contributed by atoms with E-state index in [2.05, 4.69) is 17.0 Å². The number of imidazole rings is 1. The van der Waals surface area contributed by atoms with Crippen LogP contribution in [-0.4, -0.2) is 45.9 Å². The summed E-state index contributed by atoms with van der Waals surface area (Å²) in [5.41, 5.74) is 8.28. The normalized spacial score (nSPS) is 15.9. The molecule has 0 aliphatic rings. The van der Waals surface area contributed by atoms with Crippen LogP contribution in [0.25, 0.3) is 21.9 Å². The number of benzene rings is 2. The molecule has 43 heavy (non-hydrogen) atoms. The molecule has 11 nitrogen and oxygen atoms in total. The van der Waals surface area contributed by atoms with Crippen LogP contribution in [0.4, 0.5) is 5.82 Å². The van der Waals surface area contributed by atoms with Crippen molar-refractivity contribution >= 4 is 41.5 Å². The molecule has 2 aromatic heterocycles. The van der Waals surface area contributed by atoms with E-state index in [9.17, 15) is 9.36 Å². The Labute approximate surface area is 256 Å². The van der Waals surface area contributed by atoms with Gasteiger partial charge >= 0.3 is 13.7 Å². The maximum Gasteiger partial charge on any atom is 0.459 e. The van der Waals surface area contributed by atoms with Gasteiger partial charge in [-0.05, 0) is 52.2 Å². The Morgan fingerprint density at radius 1 is 1.12 bits per heavy atom. The standard InChI is InChI=1S/C31H42N5O6P/c1-6-8-14-23(19-40-43(38,42-24-15-10-9-11-16-24)35-22(5)31(37)41-21(3)4)36-27(20-39-7-2)34-28-29(36)25-17-12-13-18-26(25)33-30(28)32/h9-13,15-18,21-23H,6-8,14,19-20H2,1-5H3,(H2,32,33)(H,35,38)/t22-,23+,43-/m0/s1/i5D3. The third-order valence-electron chi connectivity index (χ3n) is 6.60. The summed E-state index contributed by atoms with van der Waals surface area (Å²) >= 11 is 0. The minimum Gasteiger partial charge on any atom is -0.462 e. The van der Waals surface area contributed by atoms with E-state index < -0.39 is 38.8 Å². The van der Waals surface area contributed by atoms with Crippen molar-refractivity contribution in [2.45, 2.75) is 78.6 Å². The van der Waals surface area contributed by atoms with Crippen molar-refractivity contribution in [3.8, 4) is 5.75 Å². The lowest BCUT2D eigenvalue weighted by atomic mass is 10.1. The van der Waals surface area contributed by atoms with E-state index in [4.69, 9.17) is 33.4 Å². The van der Waals surface area contributed by atoms with Gasteiger partial charge in [0.2, 0.25) is 0 Å². The van der Waals surface area contributed by atoms with Crippen LogP contribution in [0.5, 0.6) is 5.75 Å². The number of unbranched alkanes of at least 4 members (excludes halogenated alkanes) is 1. The molecule has 0 amide bonds. The molecule has 0 fully saturated rings. The molecule has 0 spiro atoms. The molecule has 0 radical (unpaired) electrons. The number of para-hydroxylation sites is 2. The average Bonchev–Trinajstić information content (AvgIpc) is 3.39. The number of hydrogen-bond donors (Lipinski definition) is 2. The van der Waals surface area contributed by atoms with Crippen molar-refractivity contribution in [1.29, 1.82) is 0 Å². The van der Waals surface area contributed by atoms with Gasteiger partial charge in [0.05, 0.1) is 29.8 Å². The van der Waals surface area contributed by atoms with Gasteiger partial charge in [-0.1, -0.05) is 56.2 Å². The molecule has 12 heteroatoms. The number of nitrogen functional groups attached to an aromatic ring is 1.